The molecule has 5 heteroatoms. The molecule has 1 aliphatic carbocycles. The highest BCUT2D eigenvalue weighted by molar-refractivity contribution is 5.99. The minimum Gasteiger partial charge on any atom is -0.480 e. The van der Waals surface area contributed by atoms with Gasteiger partial charge in [0.2, 0.25) is 0 Å². The van der Waals surface area contributed by atoms with Crippen molar-refractivity contribution in [2.24, 2.45) is 0 Å². The fraction of sp³-hybridized carbons (Fsp3) is 0.556. The maximum absolute atomic E-state index is 12.7. The molecule has 5 nitrogen and oxygen atoms in total. The fourth-order valence-electron chi connectivity index (χ4n) is 2.98. The van der Waals surface area contributed by atoms with Gasteiger partial charge >= 0.3 is 5.97 Å². The van der Waals surface area contributed by atoms with Crippen LogP contribution in [0.5, 0.6) is 0 Å². The summed E-state index contributed by atoms with van der Waals surface area (Å²) >= 11 is 0. The van der Waals surface area contributed by atoms with Crippen LogP contribution in [0.1, 0.15) is 45.4 Å². The Kier molecular flexibility index (Phi) is 6.59. The molecule has 0 aliphatic heterocycles. The predicted molar refractivity (Wildman–Crippen MR) is 88.5 cm³/mol. The average Bonchev–Trinajstić information content (AvgIpc) is 2.81. The fourth-order valence-corrected chi connectivity index (χ4v) is 2.98. The Balaban J connectivity index is 2.05. The first-order chi connectivity index (χ1) is 11.1. The topological polar surface area (TPSA) is 66.8 Å². The van der Waals surface area contributed by atoms with Gasteiger partial charge in [-0.05, 0) is 31.9 Å². The lowest BCUT2D eigenvalue weighted by atomic mass is 10.1. The number of carboxylic acid groups (broad SMARTS) is 1. The lowest BCUT2D eigenvalue weighted by molar-refractivity contribution is -0.139. The number of benzene rings is 1. The third-order valence-electron chi connectivity index (χ3n) is 4.17. The van der Waals surface area contributed by atoms with Gasteiger partial charge in [-0.15, -0.1) is 0 Å². The Bertz CT molecular complexity index is 509. The molecule has 1 N–H and O–H groups in total. The maximum Gasteiger partial charge on any atom is 0.323 e. The molecule has 0 aromatic heterocycles. The van der Waals surface area contributed by atoms with Crippen LogP contribution in [0.4, 0.5) is 5.69 Å². The van der Waals surface area contributed by atoms with Crippen LogP contribution < -0.4 is 4.90 Å². The highest BCUT2D eigenvalue weighted by Gasteiger charge is 2.27. The third-order valence-corrected chi connectivity index (χ3v) is 4.17. The molecule has 1 atom stereocenters. The summed E-state index contributed by atoms with van der Waals surface area (Å²) in [6.07, 6.45) is 6.10. The molecule has 0 bridgehead atoms. The van der Waals surface area contributed by atoms with Crippen LogP contribution in [0.15, 0.2) is 30.3 Å². The molecule has 1 amide bonds. The van der Waals surface area contributed by atoms with E-state index in [1.165, 1.54) is 17.7 Å². The predicted octanol–water partition coefficient (Wildman–Crippen LogP) is 3.23. The number of hydrogen-bond acceptors (Lipinski definition) is 3. The minimum absolute atomic E-state index is 0.0962. The molecule has 1 fully saturated rings. The van der Waals surface area contributed by atoms with Gasteiger partial charge < -0.3 is 9.84 Å². The number of rotatable bonds is 6. The number of carbonyl (C=O) groups is 2. The van der Waals surface area contributed by atoms with Crippen LogP contribution in [0.2, 0.25) is 0 Å². The van der Waals surface area contributed by atoms with Gasteiger partial charge in [-0.1, -0.05) is 43.9 Å². The van der Waals surface area contributed by atoms with E-state index in [4.69, 9.17) is 9.84 Å². The summed E-state index contributed by atoms with van der Waals surface area (Å²) in [6.45, 7) is 1.35. The van der Waals surface area contributed by atoms with Crippen molar-refractivity contribution >= 4 is 17.6 Å². The zero-order valence-corrected chi connectivity index (χ0v) is 13.6. The van der Waals surface area contributed by atoms with E-state index in [0.29, 0.717) is 5.69 Å². The first-order valence-corrected chi connectivity index (χ1v) is 8.31. The molecule has 0 heterocycles. The molecule has 1 aromatic carbocycles. The van der Waals surface area contributed by atoms with Gasteiger partial charge in [0.15, 0.2) is 0 Å². The number of hydrogen-bond donors (Lipinski definition) is 1. The van der Waals surface area contributed by atoms with Crippen LogP contribution in [0, 0.1) is 0 Å². The Morgan fingerprint density at radius 2 is 1.78 bits per heavy atom. The van der Waals surface area contributed by atoms with Gasteiger partial charge in [0.05, 0.1) is 6.10 Å². The van der Waals surface area contributed by atoms with E-state index >= 15 is 0 Å². The molecule has 0 radical (unpaired) electrons. The summed E-state index contributed by atoms with van der Waals surface area (Å²) in [5.41, 5.74) is 0.580. The standard InChI is InChI=1S/C18H25NO4/c1-14(23-16-11-7-2-3-8-12-16)18(22)19(13-17(20)21)15-9-5-4-6-10-15/h4-6,9-10,14,16H,2-3,7-8,11-13H2,1H3,(H,20,21). The third kappa shape index (κ3) is 5.36. The number of aliphatic carboxylic acids is 1. The molecule has 2 rings (SSSR count). The number of carbonyl (C=O) groups excluding carboxylic acids is 1. The van der Waals surface area contributed by atoms with Crippen molar-refractivity contribution in [1.29, 1.82) is 0 Å². The molecule has 1 saturated carbocycles. The lowest BCUT2D eigenvalue weighted by Gasteiger charge is -2.27. The minimum atomic E-state index is -1.04. The van der Waals surface area contributed by atoms with Crippen molar-refractivity contribution in [1.82, 2.24) is 0 Å². The summed E-state index contributed by atoms with van der Waals surface area (Å²) < 4.78 is 5.93. The Morgan fingerprint density at radius 1 is 1.17 bits per heavy atom. The Labute approximate surface area is 137 Å². The molecule has 1 aliphatic rings. The first-order valence-electron chi connectivity index (χ1n) is 8.31. The average molecular weight is 319 g/mol. The number of amides is 1. The highest BCUT2D eigenvalue weighted by Crippen LogP contribution is 2.22. The monoisotopic (exact) mass is 319 g/mol. The lowest BCUT2D eigenvalue weighted by Crippen LogP contribution is -2.43. The number of carboxylic acids is 1. The molecule has 126 valence electrons. The summed E-state index contributed by atoms with van der Waals surface area (Å²) in [6, 6.07) is 8.87. The highest BCUT2D eigenvalue weighted by atomic mass is 16.5. The molecule has 23 heavy (non-hydrogen) atoms. The van der Waals surface area contributed by atoms with Crippen molar-refractivity contribution in [3.63, 3.8) is 0 Å². The second-order valence-electron chi connectivity index (χ2n) is 6.05. The quantitative estimate of drug-likeness (QED) is 0.818. The Morgan fingerprint density at radius 3 is 2.35 bits per heavy atom. The van der Waals surface area contributed by atoms with Gasteiger partial charge in [0, 0.05) is 5.69 Å². The van der Waals surface area contributed by atoms with Crippen molar-refractivity contribution in [3.8, 4) is 0 Å². The molecule has 1 aromatic rings. The molecule has 1 unspecified atom stereocenters. The zero-order chi connectivity index (χ0) is 16.7. The second kappa shape index (κ2) is 8.67. The van der Waals surface area contributed by atoms with Crippen LogP contribution >= 0.6 is 0 Å². The second-order valence-corrected chi connectivity index (χ2v) is 6.05. The number of ether oxygens (including phenoxy) is 1. The molecule has 0 saturated heterocycles. The molecule has 0 spiro atoms. The molecular formula is C18H25NO4. The van der Waals surface area contributed by atoms with Crippen molar-refractivity contribution in [2.45, 2.75) is 57.7 Å². The summed E-state index contributed by atoms with van der Waals surface area (Å²) in [5, 5.41) is 9.10. The summed E-state index contributed by atoms with van der Waals surface area (Å²) in [7, 11) is 0. The van der Waals surface area contributed by atoms with Crippen LogP contribution in [-0.4, -0.2) is 35.7 Å². The normalized spacial score (nSPS) is 17.3. The zero-order valence-electron chi connectivity index (χ0n) is 13.6. The van der Waals surface area contributed by atoms with Crippen molar-refractivity contribution < 1.29 is 19.4 Å². The van der Waals surface area contributed by atoms with E-state index in [9.17, 15) is 9.59 Å². The van der Waals surface area contributed by atoms with E-state index in [1.54, 1.807) is 31.2 Å². The summed E-state index contributed by atoms with van der Waals surface area (Å²) in [4.78, 5) is 25.1. The largest absolute Gasteiger partial charge is 0.480 e. The van der Waals surface area contributed by atoms with Gasteiger partial charge in [0.25, 0.3) is 5.91 Å². The van der Waals surface area contributed by atoms with Gasteiger partial charge in [-0.3, -0.25) is 14.5 Å². The molecular weight excluding hydrogens is 294 g/mol. The van der Waals surface area contributed by atoms with E-state index < -0.39 is 12.1 Å². The van der Waals surface area contributed by atoms with Gasteiger partial charge in [0.1, 0.15) is 12.6 Å². The van der Waals surface area contributed by atoms with Crippen LogP contribution in [0.25, 0.3) is 0 Å². The van der Waals surface area contributed by atoms with Crippen molar-refractivity contribution in [2.75, 3.05) is 11.4 Å². The van der Waals surface area contributed by atoms with Gasteiger partial charge in [-0.2, -0.15) is 0 Å². The van der Waals surface area contributed by atoms with E-state index in [0.717, 1.165) is 25.7 Å². The van der Waals surface area contributed by atoms with Crippen LogP contribution in [-0.2, 0) is 14.3 Å². The van der Waals surface area contributed by atoms with Gasteiger partial charge in [-0.25, -0.2) is 0 Å². The van der Waals surface area contributed by atoms with Crippen molar-refractivity contribution in [3.05, 3.63) is 30.3 Å². The maximum atomic E-state index is 12.7. The van der Waals surface area contributed by atoms with E-state index in [-0.39, 0.29) is 18.6 Å². The SMILES string of the molecule is CC(OC1CCCCCC1)C(=O)N(CC(=O)O)c1ccccc1. The Hall–Kier alpha value is -1.88. The smallest absolute Gasteiger partial charge is 0.323 e. The number of nitrogens with zero attached hydrogens (tertiary/aromatic N) is 1. The number of para-hydroxylation sites is 1. The van der Waals surface area contributed by atoms with E-state index in [2.05, 4.69) is 0 Å². The van der Waals surface area contributed by atoms with E-state index in [1.807, 2.05) is 6.07 Å². The number of anilines is 1. The van der Waals surface area contributed by atoms with Crippen LogP contribution in [0.3, 0.4) is 0 Å². The first kappa shape index (κ1) is 17.5. The summed E-state index contributed by atoms with van der Waals surface area (Å²) in [5.74, 6) is -1.34.